The minimum Gasteiger partial charge on any atom is -0.504 e. The van der Waals surface area contributed by atoms with Crippen LogP contribution in [0.15, 0.2) is 36.4 Å². The lowest BCUT2D eigenvalue weighted by molar-refractivity contribution is -0.341. The fourth-order valence-electron chi connectivity index (χ4n) is 10.4. The van der Waals surface area contributed by atoms with E-state index in [1.807, 2.05) is 0 Å². The maximum absolute atomic E-state index is 15.3. The molecule has 4 heterocycles. The second-order valence-electron chi connectivity index (χ2n) is 19.7. The SMILES string of the molecule is O=C(OC1COC(=O)c2cc(Oc3c(C(=O)O)cc(O)c(O)c3O)c(O)c(O)c2-c2c(cc(O)c(O)c2O)C(=O)OC1C1OC(=O)c2cc(O)c(O)c(O)c2-c2c(O)c(O)c(O)c3c2C(=O)OC1C3C1(O)OCC(O)C(O)C1O)c1cc(O)c(O)c(O)c1. The Hall–Kier alpha value is -11.7. The lowest BCUT2D eigenvalue weighted by atomic mass is 9.71. The lowest BCUT2D eigenvalue weighted by Gasteiger charge is -2.51. The molecule has 6 aromatic rings. The van der Waals surface area contributed by atoms with Crippen LogP contribution < -0.4 is 4.74 Å². The Balaban J connectivity index is 1.28. The molecule has 4 aliphatic rings. The number of benzene rings is 6. The molecule has 10 rings (SSSR count). The molecular formula is C53H40O35. The summed E-state index contributed by atoms with van der Waals surface area (Å²) >= 11 is 0. The number of phenolic OH excluding ortho intramolecular Hbond substituents is 17. The second kappa shape index (κ2) is 20.8. The normalized spacial score (nSPS) is 23.1. The first-order valence-electron chi connectivity index (χ1n) is 24.5. The van der Waals surface area contributed by atoms with Crippen molar-refractivity contribution in [2.45, 2.75) is 54.4 Å². The van der Waals surface area contributed by atoms with Gasteiger partial charge in [-0.1, -0.05) is 0 Å². The van der Waals surface area contributed by atoms with Gasteiger partial charge in [-0.3, -0.25) is 0 Å². The summed E-state index contributed by atoms with van der Waals surface area (Å²) in [6.45, 7) is -3.06. The maximum Gasteiger partial charge on any atom is 0.339 e. The summed E-state index contributed by atoms with van der Waals surface area (Å²) in [5, 5.41) is 243. The number of aliphatic hydroxyl groups excluding tert-OH is 3. The van der Waals surface area contributed by atoms with Crippen LogP contribution in [0.1, 0.15) is 73.6 Å². The number of hydrogen-bond acceptors (Lipinski definition) is 34. The highest BCUT2D eigenvalue weighted by Gasteiger charge is 2.64. The topological polar surface area (TPSA) is 612 Å². The number of hydrogen-bond donors (Lipinski definition) is 22. The average Bonchev–Trinajstić information content (AvgIpc) is 0.729. The van der Waals surface area contributed by atoms with E-state index in [0.29, 0.717) is 18.2 Å². The number of aliphatic hydroxyl groups is 4. The zero-order valence-electron chi connectivity index (χ0n) is 43.1. The van der Waals surface area contributed by atoms with Gasteiger partial charge in [0, 0.05) is 39.9 Å². The molecule has 4 aliphatic heterocycles. The molecule has 0 aliphatic carbocycles. The monoisotopic (exact) mass is 1240 g/mol. The Bertz CT molecular complexity index is 4070. The van der Waals surface area contributed by atoms with Crippen molar-refractivity contribution in [1.82, 2.24) is 0 Å². The summed E-state index contributed by atoms with van der Waals surface area (Å²) in [7, 11) is 0. The van der Waals surface area contributed by atoms with Gasteiger partial charge in [-0.2, -0.15) is 0 Å². The number of rotatable bonds is 7. The number of carbonyl (C=O) groups excluding carboxylic acids is 5. The quantitative estimate of drug-likeness (QED) is 0.0572. The number of carboxylic acids is 1. The van der Waals surface area contributed by atoms with Gasteiger partial charge in [0.25, 0.3) is 0 Å². The molecule has 22 N–H and O–H groups in total. The summed E-state index contributed by atoms with van der Waals surface area (Å²) < 4.78 is 39.4. The first-order valence-corrected chi connectivity index (χ1v) is 24.5. The van der Waals surface area contributed by atoms with E-state index in [1.54, 1.807) is 0 Å². The van der Waals surface area contributed by atoms with E-state index < -0.39 is 274 Å². The molecule has 2 bridgehead atoms. The highest BCUT2D eigenvalue weighted by atomic mass is 16.7. The largest absolute Gasteiger partial charge is 0.504 e. The molecule has 9 atom stereocenters. The van der Waals surface area contributed by atoms with Gasteiger partial charge in [0.15, 0.2) is 99.2 Å². The number of cyclic esters (lactones) is 3. The van der Waals surface area contributed by atoms with Crippen molar-refractivity contribution in [3.8, 4) is 131 Å². The van der Waals surface area contributed by atoms with Crippen LogP contribution in [0.4, 0.5) is 0 Å². The number of fused-ring (bicyclic) bond motifs is 7. The minimum atomic E-state index is -3.80. The Morgan fingerprint density at radius 1 is 0.477 bits per heavy atom. The number of aromatic carboxylic acids is 1. The van der Waals surface area contributed by atoms with Gasteiger partial charge in [0.05, 0.1) is 40.3 Å². The number of aromatic hydroxyl groups is 17. The zero-order chi connectivity index (χ0) is 64.5. The number of ether oxygens (including phenoxy) is 7. The molecule has 9 unspecified atom stereocenters. The Kier molecular flexibility index (Phi) is 14.1. The van der Waals surface area contributed by atoms with Crippen LogP contribution in [-0.2, 0) is 28.4 Å². The maximum atomic E-state index is 15.3. The summed E-state index contributed by atoms with van der Waals surface area (Å²) in [6, 6.07) is 1.85. The van der Waals surface area contributed by atoms with Gasteiger partial charge < -0.3 is 146 Å². The molecule has 462 valence electrons. The van der Waals surface area contributed by atoms with Gasteiger partial charge in [-0.05, 0) is 24.3 Å². The highest BCUT2D eigenvalue weighted by Crippen LogP contribution is 2.61. The highest BCUT2D eigenvalue weighted by molar-refractivity contribution is 6.11. The number of phenols is 17. The van der Waals surface area contributed by atoms with Crippen molar-refractivity contribution in [2.75, 3.05) is 13.2 Å². The van der Waals surface area contributed by atoms with Crippen LogP contribution in [0.25, 0.3) is 22.3 Å². The Morgan fingerprint density at radius 2 is 0.955 bits per heavy atom. The van der Waals surface area contributed by atoms with Crippen molar-refractivity contribution < 1.29 is 174 Å². The van der Waals surface area contributed by atoms with E-state index in [2.05, 4.69) is 0 Å². The third-order valence-electron chi connectivity index (χ3n) is 14.6. The van der Waals surface area contributed by atoms with Gasteiger partial charge >= 0.3 is 35.8 Å². The summed E-state index contributed by atoms with van der Waals surface area (Å²) in [5.74, 6) is -47.8. The average molecular weight is 1240 g/mol. The first kappa shape index (κ1) is 59.5. The molecule has 35 heteroatoms. The standard InChI is InChI=1S/C53H40O35/c54-14-1-9(2-15(55)29(14)60)48(76)85-21-8-82-49(77)12-6-20(84-42-13(47(74)75)5-18(58)32(63)41(42)72)34(65)37(68)23(12)22-10(3-16(56)30(61)35(22)66)50(78)86-43(21)45-44-28(53(81)46(73)33(64)19(59)7-83-53)27-26(52(80)87-44)25(38(69)40(71)39(27)70)24-11(51(79)88-45)4-17(57)31(62)36(24)67/h1-6,19,21,28,33,43-46,54-73,81H,7-8H2,(H,74,75). The molecule has 88 heavy (non-hydrogen) atoms. The van der Waals surface area contributed by atoms with Crippen LogP contribution in [0, 0.1) is 0 Å². The molecule has 0 saturated carbocycles. The molecule has 35 nitrogen and oxygen atoms in total. The van der Waals surface area contributed by atoms with E-state index in [-0.39, 0.29) is 18.2 Å². The molecular weight excluding hydrogens is 1200 g/mol. The molecule has 1 saturated heterocycles. The molecule has 0 radical (unpaired) electrons. The van der Waals surface area contributed by atoms with Crippen molar-refractivity contribution in [1.29, 1.82) is 0 Å². The van der Waals surface area contributed by atoms with E-state index >= 15 is 9.59 Å². The Labute approximate surface area is 483 Å². The fraction of sp³-hybridized carbons (Fsp3) is 0.208. The molecule has 0 amide bonds. The van der Waals surface area contributed by atoms with Crippen LogP contribution in [0.5, 0.6) is 109 Å². The summed E-state index contributed by atoms with van der Waals surface area (Å²) in [5.41, 5.74) is -14.5. The van der Waals surface area contributed by atoms with Crippen molar-refractivity contribution >= 4 is 35.8 Å². The first-order chi connectivity index (χ1) is 41.2. The van der Waals surface area contributed by atoms with Gasteiger partial charge in [0.2, 0.25) is 40.3 Å². The van der Waals surface area contributed by atoms with E-state index in [9.17, 15) is 132 Å². The molecule has 1 fully saturated rings. The summed E-state index contributed by atoms with van der Waals surface area (Å²) in [6.07, 6.45) is -20.0. The van der Waals surface area contributed by atoms with E-state index in [4.69, 9.17) is 33.2 Å². The van der Waals surface area contributed by atoms with Crippen molar-refractivity contribution in [3.05, 3.63) is 75.3 Å². The van der Waals surface area contributed by atoms with Crippen LogP contribution in [-0.4, -0.2) is 210 Å². The van der Waals surface area contributed by atoms with Crippen molar-refractivity contribution in [3.63, 3.8) is 0 Å². The summed E-state index contributed by atoms with van der Waals surface area (Å²) in [4.78, 5) is 86.8. The number of carbonyl (C=O) groups is 6. The minimum absolute atomic E-state index is 0.181. The predicted molar refractivity (Wildman–Crippen MR) is 271 cm³/mol. The Morgan fingerprint density at radius 3 is 1.52 bits per heavy atom. The predicted octanol–water partition coefficient (Wildman–Crippen LogP) is 0.0910. The third-order valence-corrected chi connectivity index (χ3v) is 14.6. The van der Waals surface area contributed by atoms with E-state index in [0.717, 1.165) is 0 Å². The van der Waals surface area contributed by atoms with Gasteiger partial charge in [-0.25, -0.2) is 28.8 Å². The number of esters is 5. The van der Waals surface area contributed by atoms with E-state index in [1.165, 1.54) is 0 Å². The fourth-order valence-corrected chi connectivity index (χ4v) is 10.4. The molecule has 6 aromatic carbocycles. The third kappa shape index (κ3) is 8.95. The van der Waals surface area contributed by atoms with Crippen molar-refractivity contribution in [2.24, 2.45) is 0 Å². The van der Waals surface area contributed by atoms with Crippen LogP contribution >= 0.6 is 0 Å². The lowest BCUT2D eigenvalue weighted by Crippen LogP contribution is -2.68. The smallest absolute Gasteiger partial charge is 0.339 e. The zero-order valence-corrected chi connectivity index (χ0v) is 43.1. The van der Waals surface area contributed by atoms with Gasteiger partial charge in [0.1, 0.15) is 30.5 Å². The molecule has 0 aromatic heterocycles. The van der Waals surface area contributed by atoms with Gasteiger partial charge in [-0.15, -0.1) is 0 Å². The number of carboxylic acid groups (broad SMARTS) is 1. The second-order valence-corrected chi connectivity index (χ2v) is 19.7. The molecule has 0 spiro atoms. The van der Waals surface area contributed by atoms with Crippen LogP contribution in [0.3, 0.4) is 0 Å². The van der Waals surface area contributed by atoms with Crippen LogP contribution in [0.2, 0.25) is 0 Å².